The average molecular weight is 230 g/mol. The first-order chi connectivity index (χ1) is 8.33. The van der Waals surface area contributed by atoms with Crippen molar-refractivity contribution in [2.24, 2.45) is 10.9 Å². The first-order valence-electron chi connectivity index (χ1n) is 5.95. The summed E-state index contributed by atoms with van der Waals surface area (Å²) in [5, 5.41) is 3.88. The van der Waals surface area contributed by atoms with E-state index in [1.165, 1.54) is 24.0 Å². The van der Waals surface area contributed by atoms with Crippen LogP contribution in [-0.4, -0.2) is 12.8 Å². The third-order valence-corrected chi connectivity index (χ3v) is 3.09. The smallest absolute Gasteiger partial charge is 0.118 e. The van der Waals surface area contributed by atoms with E-state index in [0.29, 0.717) is 0 Å². The van der Waals surface area contributed by atoms with Crippen LogP contribution in [0.5, 0.6) is 5.75 Å². The predicted octanol–water partition coefficient (Wildman–Crippen LogP) is 2.97. The monoisotopic (exact) mass is 230 g/mol. The van der Waals surface area contributed by atoms with Crippen LogP contribution >= 0.6 is 0 Å². The van der Waals surface area contributed by atoms with Crippen molar-refractivity contribution >= 4 is 11.8 Å². The summed E-state index contributed by atoms with van der Waals surface area (Å²) >= 11 is 0. The zero-order valence-corrected chi connectivity index (χ0v) is 10.1. The molecular weight excluding hydrogens is 212 g/mol. The van der Waals surface area contributed by atoms with E-state index in [-0.39, 0.29) is 0 Å². The highest BCUT2D eigenvalue weighted by Crippen LogP contribution is 2.23. The SMILES string of the molecule is COc1ccc(C=C2CCCCC2=NN)cc1. The lowest BCUT2D eigenvalue weighted by molar-refractivity contribution is 0.415. The summed E-state index contributed by atoms with van der Waals surface area (Å²) in [4.78, 5) is 0. The fourth-order valence-corrected chi connectivity index (χ4v) is 2.12. The van der Waals surface area contributed by atoms with Crippen LogP contribution in [0.15, 0.2) is 34.9 Å². The molecule has 0 aliphatic heterocycles. The molecule has 1 aromatic carbocycles. The molecule has 2 rings (SSSR count). The number of ether oxygens (including phenoxy) is 1. The van der Waals surface area contributed by atoms with Gasteiger partial charge in [0.15, 0.2) is 0 Å². The van der Waals surface area contributed by atoms with E-state index in [9.17, 15) is 0 Å². The molecule has 0 heterocycles. The minimum absolute atomic E-state index is 0.878. The molecule has 0 spiro atoms. The Balaban J connectivity index is 2.21. The Morgan fingerprint density at radius 2 is 1.88 bits per heavy atom. The van der Waals surface area contributed by atoms with Gasteiger partial charge in [-0.2, -0.15) is 5.10 Å². The van der Waals surface area contributed by atoms with Gasteiger partial charge in [0, 0.05) is 0 Å². The second-order valence-corrected chi connectivity index (χ2v) is 4.23. The van der Waals surface area contributed by atoms with Gasteiger partial charge in [-0.15, -0.1) is 0 Å². The van der Waals surface area contributed by atoms with Crippen molar-refractivity contribution in [1.82, 2.24) is 0 Å². The van der Waals surface area contributed by atoms with Crippen molar-refractivity contribution in [3.63, 3.8) is 0 Å². The van der Waals surface area contributed by atoms with Gasteiger partial charge in [0.1, 0.15) is 5.75 Å². The second-order valence-electron chi connectivity index (χ2n) is 4.23. The summed E-state index contributed by atoms with van der Waals surface area (Å²) in [6.07, 6.45) is 6.65. The third kappa shape index (κ3) is 2.87. The first kappa shape index (κ1) is 11.7. The van der Waals surface area contributed by atoms with Gasteiger partial charge in [-0.3, -0.25) is 0 Å². The number of hydrogen-bond donors (Lipinski definition) is 1. The maximum absolute atomic E-state index is 5.42. The highest BCUT2D eigenvalue weighted by atomic mass is 16.5. The number of rotatable bonds is 2. The summed E-state index contributed by atoms with van der Waals surface area (Å²) in [5.74, 6) is 6.30. The van der Waals surface area contributed by atoms with Crippen molar-refractivity contribution in [3.8, 4) is 5.75 Å². The molecule has 17 heavy (non-hydrogen) atoms. The fourth-order valence-electron chi connectivity index (χ4n) is 2.12. The molecule has 3 nitrogen and oxygen atoms in total. The molecule has 2 N–H and O–H groups in total. The standard InChI is InChI=1S/C14H18N2O/c1-17-13-8-6-11(7-9-13)10-12-4-2-3-5-14(12)16-15/h6-10H,2-5,15H2,1H3. The van der Waals surface area contributed by atoms with Crippen LogP contribution in [0, 0.1) is 0 Å². The number of nitrogens with two attached hydrogens (primary N) is 1. The average Bonchev–Trinajstić information content (AvgIpc) is 2.40. The highest BCUT2D eigenvalue weighted by Gasteiger charge is 2.12. The van der Waals surface area contributed by atoms with E-state index >= 15 is 0 Å². The molecule has 0 aromatic heterocycles. The van der Waals surface area contributed by atoms with Gasteiger partial charge in [0.25, 0.3) is 0 Å². The zero-order valence-electron chi connectivity index (χ0n) is 10.1. The molecule has 1 aliphatic carbocycles. The first-order valence-corrected chi connectivity index (χ1v) is 5.95. The summed E-state index contributed by atoms with van der Waals surface area (Å²) in [6, 6.07) is 8.03. The topological polar surface area (TPSA) is 47.6 Å². The largest absolute Gasteiger partial charge is 0.497 e. The molecule has 0 saturated heterocycles. The number of allylic oxidation sites excluding steroid dienone is 1. The van der Waals surface area contributed by atoms with Crippen LogP contribution in [0.1, 0.15) is 31.2 Å². The van der Waals surface area contributed by atoms with Gasteiger partial charge in [0.05, 0.1) is 12.8 Å². The van der Waals surface area contributed by atoms with E-state index < -0.39 is 0 Å². The third-order valence-electron chi connectivity index (χ3n) is 3.09. The lowest BCUT2D eigenvalue weighted by atomic mass is 9.91. The number of nitrogens with zero attached hydrogens (tertiary/aromatic N) is 1. The van der Waals surface area contributed by atoms with E-state index in [4.69, 9.17) is 10.6 Å². The van der Waals surface area contributed by atoms with Gasteiger partial charge in [-0.05, 0) is 55.0 Å². The minimum Gasteiger partial charge on any atom is -0.497 e. The van der Waals surface area contributed by atoms with Crippen LogP contribution in [0.25, 0.3) is 6.08 Å². The Bertz CT molecular complexity index is 432. The molecule has 0 atom stereocenters. The minimum atomic E-state index is 0.878. The Hall–Kier alpha value is -1.77. The van der Waals surface area contributed by atoms with Gasteiger partial charge in [-0.25, -0.2) is 0 Å². The summed E-state index contributed by atoms with van der Waals surface area (Å²) in [7, 11) is 1.67. The fraction of sp³-hybridized carbons (Fsp3) is 0.357. The van der Waals surface area contributed by atoms with Crippen molar-refractivity contribution in [2.75, 3.05) is 7.11 Å². The molecular formula is C14H18N2O. The predicted molar refractivity (Wildman–Crippen MR) is 71.1 cm³/mol. The van der Waals surface area contributed by atoms with Crippen LogP contribution < -0.4 is 10.6 Å². The second kappa shape index (κ2) is 5.53. The lowest BCUT2D eigenvalue weighted by Crippen LogP contribution is -2.11. The lowest BCUT2D eigenvalue weighted by Gasteiger charge is -2.15. The maximum atomic E-state index is 5.42. The molecule has 1 aliphatic rings. The molecule has 0 radical (unpaired) electrons. The molecule has 1 fully saturated rings. The van der Waals surface area contributed by atoms with E-state index in [2.05, 4.69) is 23.3 Å². The number of hydrogen-bond acceptors (Lipinski definition) is 3. The molecule has 90 valence electrons. The van der Waals surface area contributed by atoms with Crippen LogP contribution in [0.2, 0.25) is 0 Å². The van der Waals surface area contributed by atoms with Gasteiger partial charge < -0.3 is 10.6 Å². The van der Waals surface area contributed by atoms with Gasteiger partial charge in [-0.1, -0.05) is 12.1 Å². The molecule has 1 aromatic rings. The van der Waals surface area contributed by atoms with Crippen LogP contribution in [0.4, 0.5) is 0 Å². The molecule has 0 bridgehead atoms. The summed E-state index contributed by atoms with van der Waals surface area (Å²) in [5.41, 5.74) is 3.49. The summed E-state index contributed by atoms with van der Waals surface area (Å²) < 4.78 is 5.14. The van der Waals surface area contributed by atoms with E-state index in [0.717, 1.165) is 24.3 Å². The Morgan fingerprint density at radius 1 is 1.18 bits per heavy atom. The maximum Gasteiger partial charge on any atom is 0.118 e. The van der Waals surface area contributed by atoms with Crippen molar-refractivity contribution in [2.45, 2.75) is 25.7 Å². The molecule has 1 saturated carbocycles. The molecule has 0 unspecified atom stereocenters. The quantitative estimate of drug-likeness (QED) is 0.627. The molecule has 3 heteroatoms. The summed E-state index contributed by atoms with van der Waals surface area (Å²) in [6.45, 7) is 0. The van der Waals surface area contributed by atoms with Gasteiger partial charge in [0.2, 0.25) is 0 Å². The van der Waals surface area contributed by atoms with Crippen molar-refractivity contribution in [1.29, 1.82) is 0 Å². The van der Waals surface area contributed by atoms with Gasteiger partial charge >= 0.3 is 0 Å². The zero-order chi connectivity index (χ0) is 12.1. The number of hydrazone groups is 1. The molecule has 0 amide bonds. The van der Waals surface area contributed by atoms with Crippen LogP contribution in [0.3, 0.4) is 0 Å². The highest BCUT2D eigenvalue weighted by molar-refractivity contribution is 6.04. The van der Waals surface area contributed by atoms with Crippen molar-refractivity contribution < 1.29 is 4.74 Å². The Kier molecular flexibility index (Phi) is 3.81. The van der Waals surface area contributed by atoms with E-state index in [1.807, 2.05) is 12.1 Å². The Morgan fingerprint density at radius 3 is 2.53 bits per heavy atom. The van der Waals surface area contributed by atoms with E-state index in [1.54, 1.807) is 7.11 Å². The van der Waals surface area contributed by atoms with Crippen molar-refractivity contribution in [3.05, 3.63) is 35.4 Å². The van der Waals surface area contributed by atoms with Crippen LogP contribution in [-0.2, 0) is 0 Å². The normalized spacial score (nSPS) is 20.8. The number of benzene rings is 1. The number of methoxy groups -OCH3 is 1. The Labute approximate surface area is 102 Å².